The fourth-order valence-corrected chi connectivity index (χ4v) is 1.22. The summed E-state index contributed by atoms with van der Waals surface area (Å²) < 4.78 is 0. The molecule has 2 aromatic heterocycles. The Hall–Kier alpha value is -2.03. The molecule has 0 radical (unpaired) electrons. The predicted octanol–water partition coefficient (Wildman–Crippen LogP) is 2.33. The maximum atomic E-state index is 10.4. The molecule has 0 saturated heterocycles. The van der Waals surface area contributed by atoms with Crippen molar-refractivity contribution in [2.45, 2.75) is 0 Å². The molecule has 70 valence electrons. The van der Waals surface area contributed by atoms with Crippen LogP contribution in [0.4, 0.5) is 0 Å². The van der Waals surface area contributed by atoms with E-state index < -0.39 is 0 Å². The first-order valence-corrected chi connectivity index (χ1v) is 4.33. The Morgan fingerprint density at radius 3 is 2.57 bits per heavy atom. The van der Waals surface area contributed by atoms with E-state index in [9.17, 15) is 4.79 Å². The second kappa shape index (κ2) is 3.79. The van der Waals surface area contributed by atoms with E-state index in [0.717, 1.165) is 17.5 Å². The number of H-pyrrole nitrogens is 2. The Balaban J connectivity index is 2.14. The second-order valence-corrected chi connectivity index (χ2v) is 2.96. The summed E-state index contributed by atoms with van der Waals surface area (Å²) in [5.41, 5.74) is 2.62. The lowest BCUT2D eigenvalue weighted by Gasteiger charge is -1.85. The van der Waals surface area contributed by atoms with Crippen LogP contribution in [0.15, 0.2) is 30.6 Å². The fraction of sp³-hybridized carbons (Fsp3) is 0. The molecule has 0 aliphatic rings. The summed E-state index contributed by atoms with van der Waals surface area (Å²) >= 11 is 0. The van der Waals surface area contributed by atoms with Crippen LogP contribution in [-0.2, 0) is 0 Å². The van der Waals surface area contributed by atoms with Gasteiger partial charge >= 0.3 is 0 Å². The molecule has 2 N–H and O–H groups in total. The van der Waals surface area contributed by atoms with E-state index in [1.54, 1.807) is 6.07 Å². The molecule has 0 unspecified atom stereocenters. The minimum atomic E-state index is 0.596. The van der Waals surface area contributed by atoms with Crippen LogP contribution < -0.4 is 0 Å². The lowest BCUT2D eigenvalue weighted by atomic mass is 10.3. The third kappa shape index (κ3) is 1.82. The van der Waals surface area contributed by atoms with Crippen molar-refractivity contribution < 1.29 is 4.79 Å². The monoisotopic (exact) mass is 186 g/mol. The molecule has 3 heteroatoms. The SMILES string of the molecule is O=Cc1ccc(/C=C/c2cc[nH]c2)[nH]1. The van der Waals surface area contributed by atoms with Gasteiger partial charge in [0.05, 0.1) is 5.69 Å². The maximum Gasteiger partial charge on any atom is 0.166 e. The largest absolute Gasteiger partial charge is 0.367 e. The average Bonchev–Trinajstić information content (AvgIpc) is 2.86. The van der Waals surface area contributed by atoms with Gasteiger partial charge in [-0.15, -0.1) is 0 Å². The van der Waals surface area contributed by atoms with Gasteiger partial charge in [-0.3, -0.25) is 4.79 Å². The number of nitrogens with one attached hydrogen (secondary N) is 2. The molecular weight excluding hydrogens is 176 g/mol. The summed E-state index contributed by atoms with van der Waals surface area (Å²) in [5.74, 6) is 0. The van der Waals surface area contributed by atoms with Crippen molar-refractivity contribution >= 4 is 18.4 Å². The van der Waals surface area contributed by atoms with Gasteiger partial charge in [0.25, 0.3) is 0 Å². The number of hydrogen-bond acceptors (Lipinski definition) is 1. The van der Waals surface area contributed by atoms with Gasteiger partial charge < -0.3 is 9.97 Å². The van der Waals surface area contributed by atoms with Crippen molar-refractivity contribution in [2.24, 2.45) is 0 Å². The van der Waals surface area contributed by atoms with Gasteiger partial charge in [0, 0.05) is 18.1 Å². The van der Waals surface area contributed by atoms with Crippen LogP contribution in [0.5, 0.6) is 0 Å². The molecule has 0 saturated carbocycles. The Morgan fingerprint density at radius 2 is 1.93 bits per heavy atom. The van der Waals surface area contributed by atoms with Gasteiger partial charge in [-0.2, -0.15) is 0 Å². The first-order valence-electron chi connectivity index (χ1n) is 4.33. The van der Waals surface area contributed by atoms with Crippen molar-refractivity contribution in [2.75, 3.05) is 0 Å². The standard InChI is InChI=1S/C11H10N2O/c14-8-11-4-3-10(13-11)2-1-9-5-6-12-7-9/h1-8,12-13H/b2-1+. The van der Waals surface area contributed by atoms with E-state index in [1.165, 1.54) is 0 Å². The summed E-state index contributed by atoms with van der Waals surface area (Å²) in [6.07, 6.45) is 8.46. The summed E-state index contributed by atoms with van der Waals surface area (Å²) in [6.45, 7) is 0. The summed E-state index contributed by atoms with van der Waals surface area (Å²) in [7, 11) is 0. The Kier molecular flexibility index (Phi) is 2.32. The third-order valence-electron chi connectivity index (χ3n) is 1.94. The third-order valence-corrected chi connectivity index (χ3v) is 1.94. The van der Waals surface area contributed by atoms with Gasteiger partial charge in [-0.05, 0) is 29.8 Å². The van der Waals surface area contributed by atoms with E-state index in [-0.39, 0.29) is 0 Å². The number of aldehydes is 1. The van der Waals surface area contributed by atoms with Gasteiger partial charge in [0.2, 0.25) is 0 Å². The molecule has 2 aromatic rings. The molecule has 2 rings (SSSR count). The fourth-order valence-electron chi connectivity index (χ4n) is 1.22. The number of aromatic nitrogens is 2. The van der Waals surface area contributed by atoms with Crippen LogP contribution in [0.25, 0.3) is 12.2 Å². The second-order valence-electron chi connectivity index (χ2n) is 2.96. The minimum Gasteiger partial charge on any atom is -0.367 e. The highest BCUT2D eigenvalue weighted by Crippen LogP contribution is 2.06. The summed E-state index contributed by atoms with van der Waals surface area (Å²) in [6, 6.07) is 5.59. The molecule has 0 aliphatic heterocycles. The van der Waals surface area contributed by atoms with E-state index in [1.807, 2.05) is 36.7 Å². The van der Waals surface area contributed by atoms with Gasteiger partial charge in [-0.1, -0.05) is 6.08 Å². The molecule has 0 fully saturated rings. The molecule has 0 spiro atoms. The van der Waals surface area contributed by atoms with Crippen LogP contribution in [0.3, 0.4) is 0 Å². The zero-order valence-electron chi connectivity index (χ0n) is 7.53. The molecule has 0 amide bonds. The highest BCUT2D eigenvalue weighted by Gasteiger charge is 1.92. The van der Waals surface area contributed by atoms with Crippen molar-refractivity contribution in [3.63, 3.8) is 0 Å². The van der Waals surface area contributed by atoms with Crippen molar-refractivity contribution in [3.8, 4) is 0 Å². The quantitative estimate of drug-likeness (QED) is 0.710. The summed E-state index contributed by atoms with van der Waals surface area (Å²) in [4.78, 5) is 16.3. The molecule has 2 heterocycles. The number of carbonyl (C=O) groups is 1. The molecule has 0 aromatic carbocycles. The van der Waals surface area contributed by atoms with Crippen molar-refractivity contribution in [1.29, 1.82) is 0 Å². The smallest absolute Gasteiger partial charge is 0.166 e. The van der Waals surface area contributed by atoms with Gasteiger partial charge in [-0.25, -0.2) is 0 Å². The molecule has 14 heavy (non-hydrogen) atoms. The van der Waals surface area contributed by atoms with Crippen LogP contribution in [0.1, 0.15) is 21.7 Å². The van der Waals surface area contributed by atoms with Crippen LogP contribution >= 0.6 is 0 Å². The maximum absolute atomic E-state index is 10.4. The number of hydrogen-bond donors (Lipinski definition) is 2. The molecular formula is C11H10N2O. The van der Waals surface area contributed by atoms with Crippen LogP contribution in [-0.4, -0.2) is 16.3 Å². The topological polar surface area (TPSA) is 48.6 Å². The zero-order chi connectivity index (χ0) is 9.80. The minimum absolute atomic E-state index is 0.596. The molecule has 0 aliphatic carbocycles. The van der Waals surface area contributed by atoms with Crippen LogP contribution in [0.2, 0.25) is 0 Å². The van der Waals surface area contributed by atoms with E-state index in [4.69, 9.17) is 0 Å². The van der Waals surface area contributed by atoms with E-state index >= 15 is 0 Å². The van der Waals surface area contributed by atoms with Crippen LogP contribution in [0, 0.1) is 0 Å². The Bertz CT molecular complexity index is 438. The van der Waals surface area contributed by atoms with Crippen molar-refractivity contribution in [3.05, 3.63) is 47.5 Å². The Labute approximate surface area is 81.5 Å². The lowest BCUT2D eigenvalue weighted by molar-refractivity contribution is 0.111. The first-order chi connectivity index (χ1) is 6.88. The number of aromatic amines is 2. The highest BCUT2D eigenvalue weighted by molar-refractivity contribution is 5.75. The Morgan fingerprint density at radius 1 is 1.07 bits per heavy atom. The highest BCUT2D eigenvalue weighted by atomic mass is 16.1. The normalized spacial score (nSPS) is 10.9. The number of rotatable bonds is 3. The van der Waals surface area contributed by atoms with E-state index in [2.05, 4.69) is 9.97 Å². The zero-order valence-corrected chi connectivity index (χ0v) is 7.53. The number of carbonyl (C=O) groups excluding carboxylic acids is 1. The van der Waals surface area contributed by atoms with Crippen molar-refractivity contribution in [1.82, 2.24) is 9.97 Å². The van der Waals surface area contributed by atoms with Gasteiger partial charge in [0.15, 0.2) is 6.29 Å². The first kappa shape index (κ1) is 8.56. The lowest BCUT2D eigenvalue weighted by Crippen LogP contribution is -1.77. The predicted molar refractivity (Wildman–Crippen MR) is 55.9 cm³/mol. The molecule has 0 bridgehead atoms. The molecule has 0 atom stereocenters. The average molecular weight is 186 g/mol. The van der Waals surface area contributed by atoms with Gasteiger partial charge in [0.1, 0.15) is 0 Å². The van der Waals surface area contributed by atoms with E-state index in [0.29, 0.717) is 5.69 Å². The molecule has 3 nitrogen and oxygen atoms in total. The summed E-state index contributed by atoms with van der Waals surface area (Å²) in [5, 5.41) is 0.